The van der Waals surface area contributed by atoms with Gasteiger partial charge in [-0.3, -0.25) is 0 Å². The maximum absolute atomic E-state index is 6.29. The molecule has 0 aliphatic heterocycles. The highest BCUT2D eigenvalue weighted by atomic mass is 79.9. The first-order chi connectivity index (χ1) is 9.20. The van der Waals surface area contributed by atoms with Crippen LogP contribution >= 0.6 is 38.9 Å². The van der Waals surface area contributed by atoms with Gasteiger partial charge in [0, 0.05) is 14.9 Å². The van der Waals surface area contributed by atoms with Crippen LogP contribution in [-0.4, -0.2) is 11.5 Å². The Hall–Kier alpha value is -0.420. The van der Waals surface area contributed by atoms with Crippen LogP contribution < -0.4 is 5.32 Å². The average molecular weight is 360 g/mol. The first kappa shape index (κ1) is 15.0. The molecule has 19 heavy (non-hydrogen) atoms. The molecule has 1 N–H and O–H groups in total. The summed E-state index contributed by atoms with van der Waals surface area (Å²) in [5.41, 5.74) is 4.11. The molecule has 1 unspecified atom stereocenters. The van der Waals surface area contributed by atoms with Gasteiger partial charge < -0.3 is 5.32 Å². The lowest BCUT2D eigenvalue weighted by molar-refractivity contribution is 0.520. The van der Waals surface area contributed by atoms with E-state index in [-0.39, 0.29) is 6.04 Å². The molecule has 2 rings (SSSR count). The smallest absolute Gasteiger partial charge is 0.0795 e. The zero-order valence-corrected chi connectivity index (χ0v) is 13.9. The van der Waals surface area contributed by atoms with Crippen molar-refractivity contribution in [2.24, 2.45) is 0 Å². The topological polar surface area (TPSA) is 24.9 Å². The third-order valence-corrected chi connectivity index (χ3v) is 4.34. The Morgan fingerprint density at radius 2 is 2.32 bits per heavy atom. The summed E-state index contributed by atoms with van der Waals surface area (Å²) in [5.74, 6) is 0. The van der Waals surface area contributed by atoms with Gasteiger partial charge in [0.1, 0.15) is 0 Å². The van der Waals surface area contributed by atoms with Crippen LogP contribution in [0.1, 0.15) is 30.6 Å². The fraction of sp³-hybridized carbons (Fsp3) is 0.357. The van der Waals surface area contributed by atoms with E-state index in [0.717, 1.165) is 40.1 Å². The molecular formula is C14H16BrClN2S. The highest BCUT2D eigenvalue weighted by Gasteiger charge is 2.15. The molecule has 2 aromatic rings. The largest absolute Gasteiger partial charge is 0.308 e. The van der Waals surface area contributed by atoms with Crippen LogP contribution in [0.15, 0.2) is 33.6 Å². The van der Waals surface area contributed by atoms with E-state index in [1.807, 2.05) is 17.6 Å². The van der Waals surface area contributed by atoms with Gasteiger partial charge in [0.05, 0.1) is 17.2 Å². The molecule has 0 radical (unpaired) electrons. The molecule has 1 atom stereocenters. The van der Waals surface area contributed by atoms with Gasteiger partial charge in [-0.15, -0.1) is 11.3 Å². The average Bonchev–Trinajstić information content (AvgIpc) is 2.90. The maximum atomic E-state index is 6.29. The first-order valence-corrected chi connectivity index (χ1v) is 8.37. The van der Waals surface area contributed by atoms with Crippen molar-refractivity contribution in [1.29, 1.82) is 0 Å². The standard InChI is InChI=1S/C14H16BrClN2S/c1-2-5-17-13(14-8-19-9-18-14)6-10-3-4-11(15)7-12(10)16/h3-4,7-9,13,17H,2,5-6H2,1H3. The highest BCUT2D eigenvalue weighted by molar-refractivity contribution is 9.10. The molecule has 0 saturated heterocycles. The Bertz CT molecular complexity index is 516. The van der Waals surface area contributed by atoms with Crippen molar-refractivity contribution in [3.05, 3.63) is 49.8 Å². The zero-order chi connectivity index (χ0) is 13.7. The normalized spacial score (nSPS) is 12.6. The Morgan fingerprint density at radius 3 is 2.95 bits per heavy atom. The zero-order valence-electron chi connectivity index (χ0n) is 10.7. The maximum Gasteiger partial charge on any atom is 0.0795 e. The minimum absolute atomic E-state index is 0.227. The number of halogens is 2. The predicted octanol–water partition coefficient (Wildman–Crippen LogP) is 4.84. The van der Waals surface area contributed by atoms with Crippen LogP contribution in [0.5, 0.6) is 0 Å². The molecule has 0 amide bonds. The van der Waals surface area contributed by atoms with Crippen LogP contribution in [0.25, 0.3) is 0 Å². The summed E-state index contributed by atoms with van der Waals surface area (Å²) in [6, 6.07) is 6.26. The van der Waals surface area contributed by atoms with Crippen molar-refractivity contribution in [2.75, 3.05) is 6.54 Å². The number of nitrogens with zero attached hydrogens (tertiary/aromatic N) is 1. The summed E-state index contributed by atoms with van der Waals surface area (Å²) < 4.78 is 1.01. The number of benzene rings is 1. The molecule has 102 valence electrons. The van der Waals surface area contributed by atoms with Gasteiger partial charge in [-0.2, -0.15) is 0 Å². The summed E-state index contributed by atoms with van der Waals surface area (Å²) in [4.78, 5) is 4.42. The summed E-state index contributed by atoms with van der Waals surface area (Å²) in [5, 5.41) is 6.43. The van der Waals surface area contributed by atoms with Crippen molar-refractivity contribution in [2.45, 2.75) is 25.8 Å². The molecule has 0 aliphatic rings. The molecular weight excluding hydrogens is 344 g/mol. The van der Waals surface area contributed by atoms with Crippen molar-refractivity contribution in [1.82, 2.24) is 10.3 Å². The molecule has 0 spiro atoms. The van der Waals surface area contributed by atoms with Crippen LogP contribution in [0.2, 0.25) is 5.02 Å². The van der Waals surface area contributed by atoms with Crippen molar-refractivity contribution in [3.8, 4) is 0 Å². The van der Waals surface area contributed by atoms with Gasteiger partial charge in [0.2, 0.25) is 0 Å². The van der Waals surface area contributed by atoms with Crippen LogP contribution in [0.4, 0.5) is 0 Å². The Balaban J connectivity index is 2.15. The molecule has 1 heterocycles. The lowest BCUT2D eigenvalue weighted by Crippen LogP contribution is -2.24. The van der Waals surface area contributed by atoms with Gasteiger partial charge in [-0.1, -0.05) is 40.5 Å². The van der Waals surface area contributed by atoms with Crippen LogP contribution in [0.3, 0.4) is 0 Å². The second-order valence-corrected chi connectivity index (χ2v) is 6.40. The van der Waals surface area contributed by atoms with Crippen molar-refractivity contribution >= 4 is 38.9 Å². The summed E-state index contributed by atoms with van der Waals surface area (Å²) in [6.45, 7) is 3.15. The van der Waals surface area contributed by atoms with E-state index in [2.05, 4.69) is 44.6 Å². The number of thiazole rings is 1. The molecule has 1 aromatic carbocycles. The van der Waals surface area contributed by atoms with Crippen LogP contribution in [-0.2, 0) is 6.42 Å². The second kappa shape index (κ2) is 7.39. The lowest BCUT2D eigenvalue weighted by Gasteiger charge is -2.17. The molecule has 0 fully saturated rings. The third-order valence-electron chi connectivity index (χ3n) is 2.89. The number of aromatic nitrogens is 1. The van der Waals surface area contributed by atoms with Gasteiger partial charge in [-0.25, -0.2) is 4.98 Å². The highest BCUT2D eigenvalue weighted by Crippen LogP contribution is 2.26. The Kier molecular flexibility index (Phi) is 5.82. The summed E-state index contributed by atoms with van der Waals surface area (Å²) in [7, 11) is 0. The van der Waals surface area contributed by atoms with E-state index >= 15 is 0 Å². The fourth-order valence-electron chi connectivity index (χ4n) is 1.90. The quantitative estimate of drug-likeness (QED) is 0.798. The number of nitrogens with one attached hydrogen (secondary N) is 1. The van der Waals surface area contributed by atoms with E-state index in [0.29, 0.717) is 0 Å². The van der Waals surface area contributed by atoms with E-state index in [1.165, 1.54) is 0 Å². The van der Waals surface area contributed by atoms with Gasteiger partial charge >= 0.3 is 0 Å². The monoisotopic (exact) mass is 358 g/mol. The second-order valence-electron chi connectivity index (χ2n) is 4.36. The van der Waals surface area contributed by atoms with Gasteiger partial charge in [0.25, 0.3) is 0 Å². The molecule has 1 aromatic heterocycles. The molecule has 5 heteroatoms. The fourth-order valence-corrected chi connectivity index (χ4v) is 3.26. The Morgan fingerprint density at radius 1 is 1.47 bits per heavy atom. The molecule has 0 aliphatic carbocycles. The number of hydrogen-bond donors (Lipinski definition) is 1. The Labute approximate surface area is 131 Å². The van der Waals surface area contributed by atoms with E-state index in [9.17, 15) is 0 Å². The molecule has 0 saturated carbocycles. The van der Waals surface area contributed by atoms with E-state index < -0.39 is 0 Å². The molecule has 0 bridgehead atoms. The van der Waals surface area contributed by atoms with E-state index in [4.69, 9.17) is 11.6 Å². The lowest BCUT2D eigenvalue weighted by atomic mass is 10.0. The predicted molar refractivity (Wildman–Crippen MR) is 86.0 cm³/mol. The van der Waals surface area contributed by atoms with Gasteiger partial charge in [-0.05, 0) is 37.1 Å². The van der Waals surface area contributed by atoms with Gasteiger partial charge in [0.15, 0.2) is 0 Å². The summed E-state index contributed by atoms with van der Waals surface area (Å²) in [6.07, 6.45) is 1.96. The third kappa shape index (κ3) is 4.28. The number of hydrogen-bond acceptors (Lipinski definition) is 3. The minimum Gasteiger partial charge on any atom is -0.308 e. The number of rotatable bonds is 6. The van der Waals surface area contributed by atoms with Crippen molar-refractivity contribution in [3.63, 3.8) is 0 Å². The van der Waals surface area contributed by atoms with E-state index in [1.54, 1.807) is 11.3 Å². The van der Waals surface area contributed by atoms with Crippen LogP contribution in [0, 0.1) is 0 Å². The van der Waals surface area contributed by atoms with Crippen molar-refractivity contribution < 1.29 is 0 Å². The molecule has 2 nitrogen and oxygen atoms in total. The minimum atomic E-state index is 0.227. The summed E-state index contributed by atoms with van der Waals surface area (Å²) >= 11 is 11.4. The first-order valence-electron chi connectivity index (χ1n) is 6.26. The SMILES string of the molecule is CCCNC(Cc1ccc(Br)cc1Cl)c1cscn1.